The van der Waals surface area contributed by atoms with E-state index < -0.39 is 41.2 Å². The van der Waals surface area contributed by atoms with Crippen molar-refractivity contribution in [2.45, 2.75) is 81.7 Å². The first kappa shape index (κ1) is 15.8. The SMILES string of the molecule is CC1CCC2C34OOC(C)(CCC13)OC4OC1(C(F)(F)F)OC21C. The first-order valence-electron chi connectivity index (χ1n) is 8.57. The molecule has 8 heteroatoms. The molecule has 6 aliphatic rings. The van der Waals surface area contributed by atoms with Crippen LogP contribution < -0.4 is 0 Å². The van der Waals surface area contributed by atoms with Crippen LogP contribution in [0.15, 0.2) is 0 Å². The van der Waals surface area contributed by atoms with E-state index in [0.29, 0.717) is 18.8 Å². The summed E-state index contributed by atoms with van der Waals surface area (Å²) in [7, 11) is 0. The van der Waals surface area contributed by atoms with Crippen LogP contribution in [0.2, 0.25) is 0 Å². The largest absolute Gasteiger partial charge is 0.446 e. The van der Waals surface area contributed by atoms with Gasteiger partial charge in [0.15, 0.2) is 11.9 Å². The molecule has 1 spiro atoms. The monoisotopic (exact) mass is 350 g/mol. The molecule has 0 aromatic heterocycles. The van der Waals surface area contributed by atoms with Gasteiger partial charge in [-0.1, -0.05) is 6.92 Å². The summed E-state index contributed by atoms with van der Waals surface area (Å²) < 4.78 is 57.9. The van der Waals surface area contributed by atoms with Crippen LogP contribution in [-0.4, -0.2) is 35.2 Å². The zero-order chi connectivity index (χ0) is 17.2. The van der Waals surface area contributed by atoms with E-state index in [0.717, 1.165) is 12.8 Å². The van der Waals surface area contributed by atoms with E-state index in [2.05, 4.69) is 6.92 Å². The second-order valence-electron chi connectivity index (χ2n) is 8.30. The summed E-state index contributed by atoms with van der Waals surface area (Å²) in [6, 6.07) is 0. The molecule has 6 rings (SSSR count). The maximum atomic E-state index is 13.7. The number of epoxide rings is 1. The minimum absolute atomic E-state index is 0.0119. The molecule has 5 aliphatic heterocycles. The Bertz CT molecular complexity index is 599. The van der Waals surface area contributed by atoms with Crippen LogP contribution in [0, 0.1) is 17.8 Å². The Morgan fingerprint density at radius 1 is 1.00 bits per heavy atom. The summed E-state index contributed by atoms with van der Waals surface area (Å²) in [5.41, 5.74) is -2.52. The van der Waals surface area contributed by atoms with Crippen molar-refractivity contribution >= 4 is 0 Å². The highest BCUT2D eigenvalue weighted by Gasteiger charge is 2.92. The maximum absolute atomic E-state index is 13.7. The molecule has 0 N–H and O–H groups in total. The molecule has 1 aliphatic carbocycles. The van der Waals surface area contributed by atoms with Gasteiger partial charge in [0.1, 0.15) is 5.60 Å². The van der Waals surface area contributed by atoms with Gasteiger partial charge in [0.05, 0.1) is 0 Å². The number of ether oxygens (including phenoxy) is 3. The van der Waals surface area contributed by atoms with Crippen molar-refractivity contribution in [1.82, 2.24) is 0 Å². The van der Waals surface area contributed by atoms with E-state index >= 15 is 0 Å². The van der Waals surface area contributed by atoms with Crippen LogP contribution in [0.4, 0.5) is 13.2 Å². The number of fused-ring (bicyclic) bond motifs is 4. The van der Waals surface area contributed by atoms with Gasteiger partial charge in [0.25, 0.3) is 5.79 Å². The summed E-state index contributed by atoms with van der Waals surface area (Å²) in [6.07, 6.45) is -3.05. The minimum atomic E-state index is -4.63. The lowest BCUT2D eigenvalue weighted by molar-refractivity contribution is -0.573. The Balaban J connectivity index is 1.66. The molecule has 0 amide bonds. The maximum Gasteiger partial charge on any atom is 0.446 e. The summed E-state index contributed by atoms with van der Waals surface area (Å²) in [4.78, 5) is 11.4. The van der Waals surface area contributed by atoms with E-state index in [4.69, 9.17) is 24.0 Å². The van der Waals surface area contributed by atoms with Gasteiger partial charge in [-0.3, -0.25) is 0 Å². The summed E-state index contributed by atoms with van der Waals surface area (Å²) in [6.45, 7) is 5.27. The van der Waals surface area contributed by atoms with Crippen molar-refractivity contribution in [3.8, 4) is 0 Å². The van der Waals surface area contributed by atoms with E-state index in [1.165, 1.54) is 6.92 Å². The van der Waals surface area contributed by atoms with Gasteiger partial charge in [0.2, 0.25) is 5.79 Å². The van der Waals surface area contributed by atoms with Crippen LogP contribution in [-0.2, 0) is 24.0 Å². The quantitative estimate of drug-likeness (QED) is 0.496. The molecule has 0 aromatic carbocycles. The second-order valence-corrected chi connectivity index (χ2v) is 8.30. The average Bonchev–Trinajstić information content (AvgIpc) is 3.15. The van der Waals surface area contributed by atoms with Crippen LogP contribution >= 0.6 is 0 Å². The van der Waals surface area contributed by atoms with Crippen LogP contribution in [0.3, 0.4) is 0 Å². The third-order valence-corrected chi connectivity index (χ3v) is 7.00. The molecule has 0 radical (unpaired) electrons. The van der Waals surface area contributed by atoms with Crippen molar-refractivity contribution < 1.29 is 37.2 Å². The summed E-state index contributed by atoms with van der Waals surface area (Å²) in [5, 5.41) is 0. The number of rotatable bonds is 0. The second kappa shape index (κ2) is 4.11. The number of halogens is 3. The lowest BCUT2D eigenvalue weighted by atomic mass is 9.57. The highest BCUT2D eigenvalue weighted by Crippen LogP contribution is 2.73. The molecule has 2 bridgehead atoms. The van der Waals surface area contributed by atoms with Crippen molar-refractivity contribution in [1.29, 1.82) is 0 Å². The molecule has 8 atom stereocenters. The average molecular weight is 350 g/mol. The molecule has 0 aromatic rings. The fourth-order valence-electron chi connectivity index (χ4n) is 5.68. The van der Waals surface area contributed by atoms with Crippen molar-refractivity contribution in [3.63, 3.8) is 0 Å². The summed E-state index contributed by atoms with van der Waals surface area (Å²) in [5.74, 6) is -3.88. The van der Waals surface area contributed by atoms with Gasteiger partial charge in [-0.05, 0) is 44.9 Å². The Morgan fingerprint density at radius 2 is 1.75 bits per heavy atom. The molecule has 1 saturated carbocycles. The van der Waals surface area contributed by atoms with Gasteiger partial charge >= 0.3 is 6.18 Å². The number of hydrogen-bond donors (Lipinski definition) is 0. The predicted molar refractivity (Wildman–Crippen MR) is 72.2 cm³/mol. The third-order valence-electron chi connectivity index (χ3n) is 7.00. The Morgan fingerprint density at radius 3 is 2.46 bits per heavy atom. The number of alkyl halides is 3. The van der Waals surface area contributed by atoms with E-state index in [-0.39, 0.29) is 5.92 Å². The van der Waals surface area contributed by atoms with Gasteiger partial charge in [0, 0.05) is 12.3 Å². The van der Waals surface area contributed by atoms with E-state index in [9.17, 15) is 13.2 Å². The normalized spacial score (nSPS) is 61.8. The fraction of sp³-hybridized carbons (Fsp3) is 1.00. The van der Waals surface area contributed by atoms with Crippen molar-refractivity contribution in [3.05, 3.63) is 0 Å². The molecule has 8 unspecified atom stereocenters. The lowest BCUT2D eigenvalue weighted by Crippen LogP contribution is -2.73. The molecule has 24 heavy (non-hydrogen) atoms. The molecular formula is C16H21F3O5. The van der Waals surface area contributed by atoms with Crippen LogP contribution in [0.5, 0.6) is 0 Å². The Labute approximate surface area is 137 Å². The highest BCUT2D eigenvalue weighted by atomic mass is 19.4. The molecule has 5 heterocycles. The topological polar surface area (TPSA) is 49.5 Å². The highest BCUT2D eigenvalue weighted by molar-refractivity contribution is 5.25. The summed E-state index contributed by atoms with van der Waals surface area (Å²) >= 11 is 0. The van der Waals surface area contributed by atoms with E-state index in [1.807, 2.05) is 0 Å². The zero-order valence-electron chi connectivity index (χ0n) is 13.8. The van der Waals surface area contributed by atoms with Gasteiger partial charge in [-0.2, -0.15) is 13.2 Å². The van der Waals surface area contributed by atoms with Crippen molar-refractivity contribution in [2.75, 3.05) is 0 Å². The fourth-order valence-corrected chi connectivity index (χ4v) is 5.68. The van der Waals surface area contributed by atoms with Gasteiger partial charge in [-0.15, -0.1) is 0 Å². The smallest absolute Gasteiger partial charge is 0.327 e. The standard InChI is InChI=1S/C16H21F3O5/c1-8-4-5-10-13(3)15(22-13,16(17,18)19)21-11-14(10)9(8)6-7-12(2,20-11)23-24-14/h8-11H,4-7H2,1-3H3. The molecule has 6 fully saturated rings. The van der Waals surface area contributed by atoms with Crippen LogP contribution in [0.1, 0.15) is 46.5 Å². The Hall–Kier alpha value is -0.410. The first-order chi connectivity index (χ1) is 11.1. The van der Waals surface area contributed by atoms with Gasteiger partial charge in [-0.25, -0.2) is 9.78 Å². The number of hydrogen-bond acceptors (Lipinski definition) is 5. The predicted octanol–water partition coefficient (Wildman–Crippen LogP) is 3.28. The van der Waals surface area contributed by atoms with Gasteiger partial charge < -0.3 is 14.2 Å². The molecule has 5 saturated heterocycles. The lowest BCUT2D eigenvalue weighted by Gasteiger charge is -2.58. The van der Waals surface area contributed by atoms with Crippen LogP contribution in [0.25, 0.3) is 0 Å². The first-order valence-corrected chi connectivity index (χ1v) is 8.57. The molecule has 5 nitrogen and oxygen atoms in total. The third kappa shape index (κ3) is 1.52. The van der Waals surface area contributed by atoms with E-state index in [1.54, 1.807) is 6.92 Å². The molecule has 136 valence electrons. The molecular weight excluding hydrogens is 329 g/mol. The van der Waals surface area contributed by atoms with Crippen molar-refractivity contribution in [2.24, 2.45) is 17.8 Å². The Kier molecular flexibility index (Phi) is 2.71. The minimum Gasteiger partial charge on any atom is -0.327 e. The zero-order valence-corrected chi connectivity index (χ0v) is 13.8.